The van der Waals surface area contributed by atoms with Crippen molar-refractivity contribution in [3.8, 4) is 0 Å². The smallest absolute Gasteiger partial charge is 0.310 e. The summed E-state index contributed by atoms with van der Waals surface area (Å²) in [5.41, 5.74) is -0.675. The highest BCUT2D eigenvalue weighted by atomic mass is 19.4. The summed E-state index contributed by atoms with van der Waals surface area (Å²) in [6.45, 7) is 2.16. The molecular weight excluding hydrogens is 284 g/mol. The van der Waals surface area contributed by atoms with Gasteiger partial charge in [-0.1, -0.05) is 19.1 Å². The third-order valence-electron chi connectivity index (χ3n) is 2.72. The van der Waals surface area contributed by atoms with E-state index in [0.29, 0.717) is 13.0 Å². The number of benzene rings is 1. The molecule has 0 saturated carbocycles. The van der Waals surface area contributed by atoms with Crippen LogP contribution in [0.1, 0.15) is 36.9 Å². The van der Waals surface area contributed by atoms with Gasteiger partial charge in [0.1, 0.15) is 0 Å². The molecule has 1 nitrogen and oxygen atoms in total. The van der Waals surface area contributed by atoms with Crippen molar-refractivity contribution >= 4 is 0 Å². The van der Waals surface area contributed by atoms with E-state index in [2.05, 4.69) is 5.32 Å². The van der Waals surface area contributed by atoms with E-state index in [0.717, 1.165) is 24.3 Å². The second-order valence-electron chi connectivity index (χ2n) is 4.45. The molecule has 0 saturated heterocycles. The van der Waals surface area contributed by atoms with Gasteiger partial charge in [0.2, 0.25) is 0 Å². The Bertz CT molecular complexity index is 406. The molecule has 0 amide bonds. The first-order chi connectivity index (χ1) is 9.13. The standard InChI is InChI=1S/C13H15F6N/c1-2-7-20-11(8-12(14,15)16)9-3-5-10(6-4-9)13(17,18)19/h3-6,11,20H,2,7-8H2,1H3. The molecule has 1 aromatic carbocycles. The van der Waals surface area contributed by atoms with Crippen LogP contribution in [0.4, 0.5) is 26.3 Å². The van der Waals surface area contributed by atoms with Gasteiger partial charge >= 0.3 is 12.4 Å². The quantitative estimate of drug-likeness (QED) is 0.777. The Morgan fingerprint density at radius 3 is 1.95 bits per heavy atom. The molecule has 0 aromatic heterocycles. The van der Waals surface area contributed by atoms with Gasteiger partial charge in [-0.2, -0.15) is 26.3 Å². The summed E-state index contributed by atoms with van der Waals surface area (Å²) in [6, 6.07) is 2.74. The third kappa shape index (κ3) is 5.40. The number of halogens is 6. The Balaban J connectivity index is 2.90. The molecule has 1 rings (SSSR count). The normalized spacial score (nSPS) is 14.3. The number of nitrogens with one attached hydrogen (secondary N) is 1. The summed E-state index contributed by atoms with van der Waals surface area (Å²) < 4.78 is 74.6. The van der Waals surface area contributed by atoms with Crippen molar-refractivity contribution in [3.05, 3.63) is 35.4 Å². The first-order valence-electron chi connectivity index (χ1n) is 6.11. The number of alkyl halides is 6. The minimum Gasteiger partial charge on any atom is -0.310 e. The Hall–Kier alpha value is -1.24. The lowest BCUT2D eigenvalue weighted by Gasteiger charge is -2.21. The van der Waals surface area contributed by atoms with Crippen molar-refractivity contribution in [1.29, 1.82) is 0 Å². The average molecular weight is 299 g/mol. The predicted octanol–water partition coefficient (Wildman–Crippen LogP) is 4.70. The Labute approximate surface area is 113 Å². The molecule has 7 heteroatoms. The zero-order valence-electron chi connectivity index (χ0n) is 10.8. The maximum Gasteiger partial charge on any atom is 0.416 e. The van der Waals surface area contributed by atoms with Gasteiger partial charge in [-0.05, 0) is 30.7 Å². The topological polar surface area (TPSA) is 12.0 Å². The van der Waals surface area contributed by atoms with Gasteiger partial charge < -0.3 is 5.32 Å². The molecule has 1 aromatic rings. The van der Waals surface area contributed by atoms with Crippen molar-refractivity contribution < 1.29 is 26.3 Å². The molecule has 0 radical (unpaired) electrons. The van der Waals surface area contributed by atoms with Gasteiger partial charge in [-0.25, -0.2) is 0 Å². The van der Waals surface area contributed by atoms with Crippen molar-refractivity contribution in [2.24, 2.45) is 0 Å². The fourth-order valence-electron chi connectivity index (χ4n) is 1.76. The zero-order chi connectivity index (χ0) is 15.4. The summed E-state index contributed by atoms with van der Waals surface area (Å²) in [4.78, 5) is 0. The molecule has 0 aliphatic carbocycles. The van der Waals surface area contributed by atoms with E-state index in [4.69, 9.17) is 0 Å². The maximum absolute atomic E-state index is 12.5. The molecule has 0 aliphatic rings. The minimum absolute atomic E-state index is 0.198. The van der Waals surface area contributed by atoms with Crippen LogP contribution in [0.25, 0.3) is 0 Å². The van der Waals surface area contributed by atoms with Gasteiger partial charge in [0.05, 0.1) is 12.0 Å². The molecule has 0 heterocycles. The zero-order valence-corrected chi connectivity index (χ0v) is 10.8. The Kier molecular flexibility index (Phi) is 5.44. The van der Waals surface area contributed by atoms with E-state index in [9.17, 15) is 26.3 Å². The van der Waals surface area contributed by atoms with Gasteiger partial charge in [-0.15, -0.1) is 0 Å². The highest BCUT2D eigenvalue weighted by Gasteiger charge is 2.33. The van der Waals surface area contributed by atoms with Crippen molar-refractivity contribution in [2.75, 3.05) is 6.54 Å². The van der Waals surface area contributed by atoms with Crippen LogP contribution in [-0.2, 0) is 6.18 Å². The van der Waals surface area contributed by atoms with Crippen LogP contribution in [0.15, 0.2) is 24.3 Å². The van der Waals surface area contributed by atoms with Crippen LogP contribution < -0.4 is 5.32 Å². The fourth-order valence-corrected chi connectivity index (χ4v) is 1.76. The summed E-state index contributed by atoms with van der Waals surface area (Å²) in [5, 5.41) is 2.70. The molecule has 1 atom stereocenters. The van der Waals surface area contributed by atoms with Gasteiger partial charge in [-0.3, -0.25) is 0 Å². The predicted molar refractivity (Wildman–Crippen MR) is 63.2 cm³/mol. The Morgan fingerprint density at radius 1 is 1.00 bits per heavy atom. The van der Waals surface area contributed by atoms with Gasteiger partial charge in [0.25, 0.3) is 0 Å². The molecule has 0 spiro atoms. The largest absolute Gasteiger partial charge is 0.416 e. The van der Waals surface area contributed by atoms with E-state index in [1.165, 1.54) is 0 Å². The summed E-state index contributed by atoms with van der Waals surface area (Å²) >= 11 is 0. The molecular formula is C13H15F6N. The van der Waals surface area contributed by atoms with Crippen molar-refractivity contribution in [1.82, 2.24) is 5.32 Å². The van der Waals surface area contributed by atoms with Crippen LogP contribution in [0.2, 0.25) is 0 Å². The van der Waals surface area contributed by atoms with E-state index in [1.54, 1.807) is 6.92 Å². The third-order valence-corrected chi connectivity index (χ3v) is 2.72. The molecule has 0 bridgehead atoms. The number of hydrogen-bond acceptors (Lipinski definition) is 1. The first kappa shape index (κ1) is 16.8. The molecule has 114 valence electrons. The van der Waals surface area contributed by atoms with Crippen molar-refractivity contribution in [3.63, 3.8) is 0 Å². The fraction of sp³-hybridized carbons (Fsp3) is 0.538. The summed E-state index contributed by atoms with van der Waals surface area (Å²) in [5.74, 6) is 0. The van der Waals surface area contributed by atoms with Crippen LogP contribution in [0.5, 0.6) is 0 Å². The highest BCUT2D eigenvalue weighted by molar-refractivity contribution is 5.27. The monoisotopic (exact) mass is 299 g/mol. The van der Waals surface area contributed by atoms with Crippen LogP contribution in [0.3, 0.4) is 0 Å². The average Bonchev–Trinajstić information content (AvgIpc) is 2.32. The van der Waals surface area contributed by atoms with Crippen LogP contribution in [-0.4, -0.2) is 12.7 Å². The molecule has 0 fully saturated rings. The SMILES string of the molecule is CCCNC(CC(F)(F)F)c1ccc(C(F)(F)F)cc1. The van der Waals surface area contributed by atoms with Crippen LogP contribution in [0, 0.1) is 0 Å². The second-order valence-corrected chi connectivity index (χ2v) is 4.45. The molecule has 1 unspecified atom stereocenters. The lowest BCUT2D eigenvalue weighted by molar-refractivity contribution is -0.141. The van der Waals surface area contributed by atoms with E-state index in [-0.39, 0.29) is 5.56 Å². The van der Waals surface area contributed by atoms with Gasteiger partial charge in [0, 0.05) is 6.04 Å². The van der Waals surface area contributed by atoms with Crippen molar-refractivity contribution in [2.45, 2.75) is 38.2 Å². The van der Waals surface area contributed by atoms with Crippen LogP contribution >= 0.6 is 0 Å². The lowest BCUT2D eigenvalue weighted by Crippen LogP contribution is -2.27. The van der Waals surface area contributed by atoms with Gasteiger partial charge in [0.15, 0.2) is 0 Å². The maximum atomic E-state index is 12.5. The minimum atomic E-state index is -4.49. The first-order valence-corrected chi connectivity index (χ1v) is 6.11. The number of hydrogen-bond donors (Lipinski definition) is 1. The summed E-state index contributed by atoms with van der Waals surface area (Å²) in [7, 11) is 0. The number of rotatable bonds is 5. The molecule has 0 aliphatic heterocycles. The highest BCUT2D eigenvalue weighted by Crippen LogP contribution is 2.33. The van der Waals surface area contributed by atoms with E-state index in [1.807, 2.05) is 0 Å². The molecule has 20 heavy (non-hydrogen) atoms. The molecule has 1 N–H and O–H groups in total. The van der Waals surface area contributed by atoms with E-state index < -0.39 is 30.4 Å². The second kappa shape index (κ2) is 6.47. The summed E-state index contributed by atoms with van der Waals surface area (Å²) in [6.07, 6.45) is -9.35. The Morgan fingerprint density at radius 2 is 1.55 bits per heavy atom. The lowest BCUT2D eigenvalue weighted by atomic mass is 10.0. The van der Waals surface area contributed by atoms with E-state index >= 15 is 0 Å².